The third kappa shape index (κ3) is 0.995. The van der Waals surface area contributed by atoms with Gasteiger partial charge in [-0.25, -0.2) is 4.79 Å². The molecule has 4 nitrogen and oxygen atoms in total. The fourth-order valence-electron chi connectivity index (χ4n) is 1.28. The van der Waals surface area contributed by atoms with Crippen molar-refractivity contribution in [2.75, 3.05) is 0 Å². The van der Waals surface area contributed by atoms with Crippen LogP contribution >= 0.6 is 0 Å². The van der Waals surface area contributed by atoms with Crippen molar-refractivity contribution in [3.63, 3.8) is 0 Å². The van der Waals surface area contributed by atoms with Crippen molar-refractivity contribution in [2.45, 2.75) is 25.7 Å². The van der Waals surface area contributed by atoms with E-state index in [9.17, 15) is 4.79 Å². The molecule has 1 fully saturated rings. The van der Waals surface area contributed by atoms with Crippen molar-refractivity contribution < 1.29 is 14.4 Å². The minimum atomic E-state index is -0.935. The molecule has 1 aliphatic rings. The van der Waals surface area contributed by atoms with Crippen molar-refractivity contribution >= 4 is 5.97 Å². The minimum Gasteiger partial charge on any atom is -0.477 e. The average Bonchev–Trinajstić information content (AvgIpc) is 2.75. The second-order valence-electron chi connectivity index (χ2n) is 3.08. The number of aryl methyl sites for hydroxylation is 1. The van der Waals surface area contributed by atoms with Gasteiger partial charge in [0.25, 0.3) is 0 Å². The van der Waals surface area contributed by atoms with Gasteiger partial charge < -0.3 is 9.63 Å². The van der Waals surface area contributed by atoms with Gasteiger partial charge in [0.05, 0.1) is 0 Å². The molecular weight excluding hydrogens is 158 g/mol. The molecule has 2 rings (SSSR count). The Hall–Kier alpha value is -1.32. The third-order valence-electron chi connectivity index (χ3n) is 2.07. The van der Waals surface area contributed by atoms with Crippen LogP contribution in [-0.4, -0.2) is 16.2 Å². The van der Waals surface area contributed by atoms with Crippen molar-refractivity contribution in [2.24, 2.45) is 0 Å². The molecule has 0 bridgehead atoms. The molecule has 1 aromatic rings. The van der Waals surface area contributed by atoms with Crippen LogP contribution in [0, 0.1) is 6.92 Å². The van der Waals surface area contributed by atoms with Crippen LogP contribution in [0.2, 0.25) is 0 Å². The van der Waals surface area contributed by atoms with Gasteiger partial charge >= 0.3 is 5.97 Å². The van der Waals surface area contributed by atoms with E-state index >= 15 is 0 Å². The maximum atomic E-state index is 10.7. The summed E-state index contributed by atoms with van der Waals surface area (Å²) in [5.74, 6) is -0.200. The van der Waals surface area contributed by atoms with Crippen LogP contribution in [0.1, 0.15) is 40.6 Å². The highest BCUT2D eigenvalue weighted by molar-refractivity contribution is 5.90. The predicted octanol–water partition coefficient (Wildman–Crippen LogP) is 1.56. The van der Waals surface area contributed by atoms with Gasteiger partial charge in [0.2, 0.25) is 0 Å². The van der Waals surface area contributed by atoms with E-state index in [1.807, 2.05) is 0 Å². The fourth-order valence-corrected chi connectivity index (χ4v) is 1.28. The molecule has 12 heavy (non-hydrogen) atoms. The first-order chi connectivity index (χ1) is 5.70. The first-order valence-corrected chi connectivity index (χ1v) is 3.89. The van der Waals surface area contributed by atoms with Crippen LogP contribution in [-0.2, 0) is 0 Å². The summed E-state index contributed by atoms with van der Waals surface area (Å²) in [6.45, 7) is 1.63. The first-order valence-electron chi connectivity index (χ1n) is 3.89. The number of hydrogen-bond donors (Lipinski definition) is 1. The standard InChI is InChI=1S/C8H9NO3/c1-4-6(8(10)11)7(9-12-4)5-2-3-5/h5H,2-3H2,1H3,(H,10,11). The topological polar surface area (TPSA) is 63.3 Å². The summed E-state index contributed by atoms with van der Waals surface area (Å²) in [5.41, 5.74) is 0.887. The average molecular weight is 167 g/mol. The molecule has 0 saturated heterocycles. The van der Waals surface area contributed by atoms with E-state index in [0.717, 1.165) is 12.8 Å². The third-order valence-corrected chi connectivity index (χ3v) is 2.07. The number of hydrogen-bond acceptors (Lipinski definition) is 3. The summed E-state index contributed by atoms with van der Waals surface area (Å²) in [7, 11) is 0. The number of rotatable bonds is 2. The molecule has 0 unspecified atom stereocenters. The van der Waals surface area contributed by atoms with E-state index in [1.54, 1.807) is 6.92 Å². The second-order valence-corrected chi connectivity index (χ2v) is 3.08. The van der Waals surface area contributed by atoms with E-state index in [0.29, 0.717) is 17.4 Å². The largest absolute Gasteiger partial charge is 0.477 e. The number of carboxylic acid groups (broad SMARTS) is 1. The Labute approximate surface area is 69.2 Å². The Morgan fingerprint density at radius 3 is 2.83 bits per heavy atom. The van der Waals surface area contributed by atoms with Gasteiger partial charge in [-0.2, -0.15) is 0 Å². The molecule has 0 amide bonds. The lowest BCUT2D eigenvalue weighted by Gasteiger charge is -1.91. The monoisotopic (exact) mass is 167 g/mol. The Bertz CT molecular complexity index is 325. The zero-order valence-electron chi connectivity index (χ0n) is 6.70. The lowest BCUT2D eigenvalue weighted by molar-refractivity contribution is 0.0694. The number of nitrogens with zero attached hydrogens (tertiary/aromatic N) is 1. The smallest absolute Gasteiger partial charge is 0.341 e. The molecule has 0 aliphatic heterocycles. The van der Waals surface area contributed by atoms with Gasteiger partial charge in [0.1, 0.15) is 17.0 Å². The number of carbonyl (C=O) groups is 1. The molecule has 0 spiro atoms. The van der Waals surface area contributed by atoms with Crippen LogP contribution in [0.5, 0.6) is 0 Å². The second kappa shape index (κ2) is 2.33. The maximum absolute atomic E-state index is 10.7. The predicted molar refractivity (Wildman–Crippen MR) is 40.2 cm³/mol. The van der Waals surface area contributed by atoms with Crippen LogP contribution in [0.15, 0.2) is 4.52 Å². The Balaban J connectivity index is 2.46. The molecular formula is C8H9NO3. The molecule has 0 atom stereocenters. The lowest BCUT2D eigenvalue weighted by atomic mass is 10.1. The zero-order valence-corrected chi connectivity index (χ0v) is 6.70. The van der Waals surface area contributed by atoms with Gasteiger partial charge in [-0.3, -0.25) is 0 Å². The van der Waals surface area contributed by atoms with Crippen molar-refractivity contribution in [1.82, 2.24) is 5.16 Å². The number of carboxylic acids is 1. The van der Waals surface area contributed by atoms with E-state index in [-0.39, 0.29) is 5.56 Å². The Morgan fingerprint density at radius 1 is 1.67 bits per heavy atom. The van der Waals surface area contributed by atoms with Gasteiger partial charge in [0, 0.05) is 5.92 Å². The van der Waals surface area contributed by atoms with E-state index < -0.39 is 5.97 Å². The van der Waals surface area contributed by atoms with Gasteiger partial charge in [-0.05, 0) is 19.8 Å². The van der Waals surface area contributed by atoms with Crippen molar-refractivity contribution in [3.8, 4) is 0 Å². The molecule has 0 radical (unpaired) electrons. The SMILES string of the molecule is Cc1onc(C2CC2)c1C(=O)O. The van der Waals surface area contributed by atoms with Crippen molar-refractivity contribution in [1.29, 1.82) is 0 Å². The number of aromatic nitrogens is 1. The minimum absolute atomic E-state index is 0.262. The molecule has 1 heterocycles. The molecule has 64 valence electrons. The summed E-state index contributed by atoms with van der Waals surface area (Å²) in [6.07, 6.45) is 2.07. The van der Waals surface area contributed by atoms with Gasteiger partial charge in [0.15, 0.2) is 0 Å². The molecule has 1 N–H and O–H groups in total. The fraction of sp³-hybridized carbons (Fsp3) is 0.500. The number of aromatic carboxylic acids is 1. The maximum Gasteiger partial charge on any atom is 0.341 e. The van der Waals surface area contributed by atoms with E-state index in [2.05, 4.69) is 5.16 Å². The van der Waals surface area contributed by atoms with Crippen LogP contribution in [0.25, 0.3) is 0 Å². The Kier molecular flexibility index (Phi) is 1.43. The summed E-state index contributed by atoms with van der Waals surface area (Å²) < 4.78 is 4.83. The van der Waals surface area contributed by atoms with Crippen LogP contribution in [0.3, 0.4) is 0 Å². The van der Waals surface area contributed by atoms with Crippen LogP contribution < -0.4 is 0 Å². The van der Waals surface area contributed by atoms with Crippen LogP contribution in [0.4, 0.5) is 0 Å². The Morgan fingerprint density at radius 2 is 2.33 bits per heavy atom. The molecule has 4 heteroatoms. The summed E-state index contributed by atoms with van der Waals surface area (Å²) in [4.78, 5) is 10.7. The quantitative estimate of drug-likeness (QED) is 0.725. The summed E-state index contributed by atoms with van der Waals surface area (Å²) in [6, 6.07) is 0. The zero-order chi connectivity index (χ0) is 8.72. The van der Waals surface area contributed by atoms with Gasteiger partial charge in [-0.15, -0.1) is 0 Å². The van der Waals surface area contributed by atoms with Crippen molar-refractivity contribution in [3.05, 3.63) is 17.0 Å². The summed E-state index contributed by atoms with van der Waals surface area (Å²) >= 11 is 0. The highest BCUT2D eigenvalue weighted by atomic mass is 16.5. The molecule has 0 aromatic carbocycles. The van der Waals surface area contributed by atoms with E-state index in [4.69, 9.17) is 9.63 Å². The molecule has 1 aliphatic carbocycles. The highest BCUT2D eigenvalue weighted by Crippen LogP contribution is 2.41. The first kappa shape index (κ1) is 7.34. The normalized spacial score (nSPS) is 16.4. The molecule has 1 saturated carbocycles. The summed E-state index contributed by atoms with van der Waals surface area (Å²) in [5, 5.41) is 12.6. The highest BCUT2D eigenvalue weighted by Gasteiger charge is 2.33. The molecule has 1 aromatic heterocycles. The van der Waals surface area contributed by atoms with E-state index in [1.165, 1.54) is 0 Å². The lowest BCUT2D eigenvalue weighted by Crippen LogP contribution is -2.00. The van der Waals surface area contributed by atoms with Gasteiger partial charge in [-0.1, -0.05) is 5.16 Å².